The highest BCUT2D eigenvalue weighted by molar-refractivity contribution is 7.99. The molecule has 1 atom stereocenters. The van der Waals surface area contributed by atoms with Crippen molar-refractivity contribution in [2.75, 3.05) is 5.75 Å². The maximum absolute atomic E-state index is 12.3. The molecule has 2 aromatic carbocycles. The molecule has 1 N–H and O–H groups in total. The number of hydrogen-bond acceptors (Lipinski definition) is 5. The summed E-state index contributed by atoms with van der Waals surface area (Å²) in [7, 11) is 0. The zero-order chi connectivity index (χ0) is 20.2. The maximum atomic E-state index is 12.3. The molecular formula is C22H21N5OS. The molecule has 0 fully saturated rings. The third-order valence-corrected chi connectivity index (χ3v) is 5.51. The van der Waals surface area contributed by atoms with E-state index in [9.17, 15) is 4.79 Å². The lowest BCUT2D eigenvalue weighted by atomic mass is 10.1. The van der Waals surface area contributed by atoms with Crippen molar-refractivity contribution in [3.05, 3.63) is 72.8 Å². The van der Waals surface area contributed by atoms with Crippen LogP contribution in [0.4, 0.5) is 0 Å². The molecule has 4 aromatic rings. The monoisotopic (exact) mass is 403 g/mol. The van der Waals surface area contributed by atoms with Crippen molar-refractivity contribution in [2.45, 2.75) is 24.7 Å². The minimum atomic E-state index is -0.0679. The lowest BCUT2D eigenvalue weighted by Crippen LogP contribution is -2.28. The molecule has 0 aliphatic carbocycles. The number of fused-ring (bicyclic) bond motifs is 3. The molecule has 2 aromatic heterocycles. The number of nitrogens with zero attached hydrogens (tertiary/aromatic N) is 4. The van der Waals surface area contributed by atoms with Gasteiger partial charge in [0, 0.05) is 11.9 Å². The maximum Gasteiger partial charge on any atom is 0.230 e. The van der Waals surface area contributed by atoms with Crippen molar-refractivity contribution < 1.29 is 4.79 Å². The number of benzene rings is 2. The number of para-hydroxylation sites is 1. The van der Waals surface area contributed by atoms with Gasteiger partial charge in [0.2, 0.25) is 11.1 Å². The van der Waals surface area contributed by atoms with Gasteiger partial charge in [-0.05, 0) is 18.6 Å². The van der Waals surface area contributed by atoms with Gasteiger partial charge in [-0.15, -0.1) is 16.8 Å². The van der Waals surface area contributed by atoms with Gasteiger partial charge in [-0.2, -0.15) is 0 Å². The number of hydrogen-bond donors (Lipinski definition) is 1. The Kier molecular flexibility index (Phi) is 5.57. The Morgan fingerprint density at radius 1 is 1.17 bits per heavy atom. The Morgan fingerprint density at radius 3 is 2.72 bits per heavy atom. The summed E-state index contributed by atoms with van der Waals surface area (Å²) in [6.07, 6.45) is 1.83. The molecule has 2 heterocycles. The quantitative estimate of drug-likeness (QED) is 0.371. The van der Waals surface area contributed by atoms with Crippen molar-refractivity contribution in [3.63, 3.8) is 0 Å². The van der Waals surface area contributed by atoms with E-state index >= 15 is 0 Å². The van der Waals surface area contributed by atoms with Crippen LogP contribution in [0.3, 0.4) is 0 Å². The Morgan fingerprint density at radius 2 is 1.93 bits per heavy atom. The van der Waals surface area contributed by atoms with Gasteiger partial charge in [0.1, 0.15) is 5.52 Å². The van der Waals surface area contributed by atoms with Crippen LogP contribution >= 0.6 is 11.8 Å². The number of aromatic nitrogens is 4. The first-order valence-electron chi connectivity index (χ1n) is 9.37. The number of nitrogens with one attached hydrogen (secondary N) is 1. The van der Waals surface area contributed by atoms with Crippen LogP contribution in [-0.4, -0.2) is 31.4 Å². The van der Waals surface area contributed by atoms with Gasteiger partial charge < -0.3 is 9.88 Å². The lowest BCUT2D eigenvalue weighted by Gasteiger charge is -2.13. The number of amides is 1. The van der Waals surface area contributed by atoms with Crippen LogP contribution in [-0.2, 0) is 11.3 Å². The summed E-state index contributed by atoms with van der Waals surface area (Å²) < 4.78 is 2.06. The van der Waals surface area contributed by atoms with E-state index in [1.165, 1.54) is 11.8 Å². The van der Waals surface area contributed by atoms with E-state index in [2.05, 4.69) is 31.6 Å². The molecule has 0 saturated heterocycles. The predicted molar refractivity (Wildman–Crippen MR) is 117 cm³/mol. The number of carbonyl (C=O) groups is 1. The molecule has 1 amide bonds. The third kappa shape index (κ3) is 4.00. The van der Waals surface area contributed by atoms with Crippen LogP contribution in [0.2, 0.25) is 0 Å². The summed E-state index contributed by atoms with van der Waals surface area (Å²) in [5.74, 6) is 0.160. The highest BCUT2D eigenvalue weighted by Gasteiger charge is 2.15. The van der Waals surface area contributed by atoms with E-state index in [1.54, 1.807) is 0 Å². The minimum absolute atomic E-state index is 0.0547. The zero-order valence-electron chi connectivity index (χ0n) is 16.1. The largest absolute Gasteiger partial charge is 0.349 e. The van der Waals surface area contributed by atoms with E-state index in [1.807, 2.05) is 67.6 Å². The van der Waals surface area contributed by atoms with Gasteiger partial charge >= 0.3 is 0 Å². The first-order valence-corrected chi connectivity index (χ1v) is 10.4. The average Bonchev–Trinajstić information content (AvgIpc) is 3.06. The van der Waals surface area contributed by atoms with Gasteiger partial charge in [-0.25, -0.2) is 4.98 Å². The van der Waals surface area contributed by atoms with Crippen molar-refractivity contribution in [1.82, 2.24) is 25.1 Å². The Bertz CT molecular complexity index is 1170. The zero-order valence-corrected chi connectivity index (χ0v) is 16.9. The second kappa shape index (κ2) is 8.45. The van der Waals surface area contributed by atoms with E-state index < -0.39 is 0 Å². The van der Waals surface area contributed by atoms with Crippen LogP contribution in [0.5, 0.6) is 0 Å². The topological polar surface area (TPSA) is 72.7 Å². The predicted octanol–water partition coefficient (Wildman–Crippen LogP) is 4.14. The highest BCUT2D eigenvalue weighted by atomic mass is 32.2. The molecule has 0 spiro atoms. The molecule has 1 unspecified atom stereocenters. The second-order valence-corrected chi connectivity index (χ2v) is 7.61. The summed E-state index contributed by atoms with van der Waals surface area (Å²) in [5.41, 5.74) is 3.62. The summed E-state index contributed by atoms with van der Waals surface area (Å²) in [5, 5.41) is 13.1. The number of rotatable bonds is 7. The van der Waals surface area contributed by atoms with Crippen molar-refractivity contribution >= 4 is 39.7 Å². The first-order chi connectivity index (χ1) is 14.2. The molecule has 0 aliphatic rings. The molecule has 0 bridgehead atoms. The van der Waals surface area contributed by atoms with Crippen molar-refractivity contribution in [2.24, 2.45) is 0 Å². The van der Waals surface area contributed by atoms with E-state index in [0.29, 0.717) is 11.7 Å². The van der Waals surface area contributed by atoms with E-state index in [-0.39, 0.29) is 17.7 Å². The van der Waals surface area contributed by atoms with Crippen molar-refractivity contribution in [1.29, 1.82) is 0 Å². The summed E-state index contributed by atoms with van der Waals surface area (Å²) in [4.78, 5) is 17.0. The summed E-state index contributed by atoms with van der Waals surface area (Å²) in [6, 6.07) is 17.8. The lowest BCUT2D eigenvalue weighted by molar-refractivity contribution is -0.119. The van der Waals surface area contributed by atoms with Gasteiger partial charge in [-0.3, -0.25) is 4.79 Å². The number of thioether (sulfide) groups is 1. The molecule has 6 nitrogen and oxygen atoms in total. The normalized spacial score (nSPS) is 12.2. The Balaban J connectivity index is 1.51. The third-order valence-electron chi connectivity index (χ3n) is 4.68. The van der Waals surface area contributed by atoms with E-state index in [0.717, 1.165) is 27.6 Å². The highest BCUT2D eigenvalue weighted by Crippen LogP contribution is 2.27. The molecule has 146 valence electrons. The molecule has 0 saturated carbocycles. The first kappa shape index (κ1) is 19.1. The molecule has 4 rings (SSSR count). The van der Waals surface area contributed by atoms with Gasteiger partial charge in [0.25, 0.3) is 0 Å². The summed E-state index contributed by atoms with van der Waals surface area (Å²) in [6.45, 7) is 6.44. The fourth-order valence-electron chi connectivity index (χ4n) is 3.30. The molecule has 7 heteroatoms. The molecular weight excluding hydrogens is 382 g/mol. The molecule has 29 heavy (non-hydrogen) atoms. The average molecular weight is 404 g/mol. The molecule has 0 aliphatic heterocycles. The Labute approximate surface area is 173 Å². The number of carbonyl (C=O) groups excluding carboxylic acids is 1. The van der Waals surface area contributed by atoms with Crippen LogP contribution in [0.25, 0.3) is 22.1 Å². The molecule has 0 radical (unpaired) electrons. The van der Waals surface area contributed by atoms with Crippen LogP contribution in [0.1, 0.15) is 18.5 Å². The summed E-state index contributed by atoms with van der Waals surface area (Å²) >= 11 is 1.28. The fraction of sp³-hybridized carbons (Fsp3) is 0.182. The smallest absolute Gasteiger partial charge is 0.230 e. The van der Waals surface area contributed by atoms with Gasteiger partial charge in [0.15, 0.2) is 5.65 Å². The van der Waals surface area contributed by atoms with Crippen molar-refractivity contribution in [3.8, 4) is 0 Å². The standard InChI is InChI=1S/C22H21N5OS/c1-3-13-27-18-12-8-7-11-17(18)20-21(27)24-22(26-25-20)29-14-19(28)23-15(2)16-9-5-4-6-10-16/h3-12,15H,1,13-14H2,2H3,(H,23,28). The van der Waals surface area contributed by atoms with Gasteiger partial charge in [-0.1, -0.05) is 66.4 Å². The second-order valence-electron chi connectivity index (χ2n) is 6.67. The van der Waals surface area contributed by atoms with Crippen LogP contribution < -0.4 is 5.32 Å². The Hall–Kier alpha value is -3.19. The SMILES string of the molecule is C=CCn1c2ccccc2c2nnc(SCC(=O)NC(C)c3ccccc3)nc21. The van der Waals surface area contributed by atoms with Crippen LogP contribution in [0.15, 0.2) is 72.4 Å². The van der Waals surface area contributed by atoms with Crippen LogP contribution in [0, 0.1) is 0 Å². The number of allylic oxidation sites excluding steroid dienone is 1. The fourth-order valence-corrected chi connectivity index (χ4v) is 3.90. The van der Waals surface area contributed by atoms with E-state index in [4.69, 9.17) is 0 Å². The van der Waals surface area contributed by atoms with Gasteiger partial charge in [0.05, 0.1) is 17.3 Å². The minimum Gasteiger partial charge on any atom is -0.349 e.